The van der Waals surface area contributed by atoms with Gasteiger partial charge in [-0.05, 0) is 13.5 Å². The largest absolute Gasteiger partial charge is 0.367 e. The molecule has 0 saturated carbocycles. The van der Waals surface area contributed by atoms with Crippen LogP contribution in [0.2, 0.25) is 0 Å². The van der Waals surface area contributed by atoms with Crippen LogP contribution in [-0.2, 0) is 0 Å². The number of rotatable bonds is 5. The summed E-state index contributed by atoms with van der Waals surface area (Å²) in [6.45, 7) is 6.87. The maximum Gasteiger partial charge on any atom is 0.147 e. The number of nitrogens with one attached hydrogen (secondary N) is 2. The van der Waals surface area contributed by atoms with Crippen molar-refractivity contribution >= 4 is 5.82 Å². The minimum absolute atomic E-state index is 0.875. The molecule has 0 radical (unpaired) electrons. The van der Waals surface area contributed by atoms with Gasteiger partial charge in [-0.3, -0.25) is 4.98 Å². The summed E-state index contributed by atoms with van der Waals surface area (Å²) < 4.78 is 0. The summed E-state index contributed by atoms with van der Waals surface area (Å²) in [5.74, 6) is 0.875. The quantitative estimate of drug-likeness (QED) is 0.658. The molecule has 1 heterocycles. The van der Waals surface area contributed by atoms with Gasteiger partial charge in [0.1, 0.15) is 5.82 Å². The smallest absolute Gasteiger partial charge is 0.147 e. The molecule has 1 aromatic heterocycles. The Bertz CT molecular complexity index is 249. The van der Waals surface area contributed by atoms with E-state index in [0.29, 0.717) is 0 Å². The molecule has 4 heteroatoms. The Kier molecular flexibility index (Phi) is 4.18. The van der Waals surface area contributed by atoms with Crippen molar-refractivity contribution in [1.82, 2.24) is 15.3 Å². The van der Waals surface area contributed by atoms with E-state index in [0.717, 1.165) is 31.1 Å². The van der Waals surface area contributed by atoms with Crippen LogP contribution in [-0.4, -0.2) is 29.6 Å². The fraction of sp³-hybridized carbons (Fsp3) is 0.556. The van der Waals surface area contributed by atoms with Crippen molar-refractivity contribution < 1.29 is 0 Å². The molecule has 0 aliphatic rings. The molecular weight excluding hydrogens is 164 g/mol. The fourth-order valence-corrected chi connectivity index (χ4v) is 1.03. The highest BCUT2D eigenvalue weighted by atomic mass is 15.0. The van der Waals surface area contributed by atoms with Crippen LogP contribution in [0.25, 0.3) is 0 Å². The predicted octanol–water partition coefficient (Wildman–Crippen LogP) is 0.806. The lowest BCUT2D eigenvalue weighted by Crippen LogP contribution is -2.22. The van der Waals surface area contributed by atoms with E-state index in [1.165, 1.54) is 0 Å². The molecule has 0 aliphatic carbocycles. The first-order chi connectivity index (χ1) is 6.34. The summed E-state index contributed by atoms with van der Waals surface area (Å²) in [4.78, 5) is 8.31. The van der Waals surface area contributed by atoms with Crippen molar-refractivity contribution in [3.05, 3.63) is 18.1 Å². The summed E-state index contributed by atoms with van der Waals surface area (Å²) in [7, 11) is 0. The Morgan fingerprint density at radius 3 is 2.69 bits per heavy atom. The van der Waals surface area contributed by atoms with Crippen LogP contribution in [0.1, 0.15) is 12.6 Å². The summed E-state index contributed by atoms with van der Waals surface area (Å²) in [5.41, 5.74) is 0.944. The molecule has 13 heavy (non-hydrogen) atoms. The SMILES string of the molecule is CCNCCNc1nccnc1C. The maximum atomic E-state index is 4.17. The van der Waals surface area contributed by atoms with E-state index in [4.69, 9.17) is 0 Å². The summed E-state index contributed by atoms with van der Waals surface area (Å²) in [6, 6.07) is 0. The van der Waals surface area contributed by atoms with Crippen LogP contribution in [0.3, 0.4) is 0 Å². The molecule has 0 aromatic carbocycles. The van der Waals surface area contributed by atoms with E-state index in [1.54, 1.807) is 12.4 Å². The molecule has 0 aliphatic heterocycles. The first-order valence-electron chi connectivity index (χ1n) is 4.56. The number of aromatic nitrogens is 2. The van der Waals surface area contributed by atoms with Gasteiger partial charge >= 0.3 is 0 Å². The molecule has 1 aromatic rings. The summed E-state index contributed by atoms with van der Waals surface area (Å²) in [5, 5.41) is 6.44. The van der Waals surface area contributed by atoms with Crippen molar-refractivity contribution in [2.45, 2.75) is 13.8 Å². The zero-order valence-corrected chi connectivity index (χ0v) is 8.17. The highest BCUT2D eigenvalue weighted by molar-refractivity contribution is 5.37. The van der Waals surface area contributed by atoms with E-state index >= 15 is 0 Å². The van der Waals surface area contributed by atoms with Gasteiger partial charge in [-0.25, -0.2) is 4.98 Å². The van der Waals surface area contributed by atoms with Crippen LogP contribution < -0.4 is 10.6 Å². The Hall–Kier alpha value is -1.16. The number of hydrogen-bond acceptors (Lipinski definition) is 4. The Morgan fingerprint density at radius 1 is 1.23 bits per heavy atom. The Labute approximate surface area is 78.8 Å². The monoisotopic (exact) mass is 180 g/mol. The fourth-order valence-electron chi connectivity index (χ4n) is 1.03. The molecule has 4 nitrogen and oxygen atoms in total. The van der Waals surface area contributed by atoms with Gasteiger partial charge in [0.05, 0.1) is 5.69 Å². The molecule has 0 fully saturated rings. The maximum absolute atomic E-state index is 4.17. The van der Waals surface area contributed by atoms with Gasteiger partial charge in [0.2, 0.25) is 0 Å². The molecule has 0 saturated heterocycles. The second kappa shape index (κ2) is 5.48. The van der Waals surface area contributed by atoms with Crippen LogP contribution in [0.4, 0.5) is 5.82 Å². The molecule has 2 N–H and O–H groups in total. The van der Waals surface area contributed by atoms with E-state index in [9.17, 15) is 0 Å². The van der Waals surface area contributed by atoms with Crippen LogP contribution in [0.5, 0.6) is 0 Å². The molecule has 0 atom stereocenters. The first kappa shape index (κ1) is 9.92. The van der Waals surface area contributed by atoms with Crippen LogP contribution in [0, 0.1) is 6.92 Å². The minimum Gasteiger partial charge on any atom is -0.367 e. The zero-order valence-electron chi connectivity index (χ0n) is 8.17. The van der Waals surface area contributed by atoms with Gasteiger partial charge in [0, 0.05) is 25.5 Å². The summed E-state index contributed by atoms with van der Waals surface area (Å²) >= 11 is 0. The Morgan fingerprint density at radius 2 is 2.00 bits per heavy atom. The average Bonchev–Trinajstić information content (AvgIpc) is 2.15. The molecule has 0 spiro atoms. The van der Waals surface area contributed by atoms with Crippen LogP contribution in [0.15, 0.2) is 12.4 Å². The second-order valence-corrected chi connectivity index (χ2v) is 2.77. The van der Waals surface area contributed by atoms with Crippen molar-refractivity contribution in [3.8, 4) is 0 Å². The van der Waals surface area contributed by atoms with Crippen LogP contribution >= 0.6 is 0 Å². The number of likely N-dealkylation sites (N-methyl/N-ethyl adjacent to an activating group) is 1. The summed E-state index contributed by atoms with van der Waals surface area (Å²) in [6.07, 6.45) is 3.40. The lowest BCUT2D eigenvalue weighted by Gasteiger charge is -2.06. The van der Waals surface area contributed by atoms with Gasteiger partial charge in [-0.1, -0.05) is 6.92 Å². The average molecular weight is 180 g/mol. The standard InChI is InChI=1S/C9H16N4/c1-3-10-4-5-12-9-8(2)11-6-7-13-9/h6-7,10H,3-5H2,1-2H3,(H,12,13). The number of hydrogen-bond donors (Lipinski definition) is 2. The molecule has 72 valence electrons. The first-order valence-corrected chi connectivity index (χ1v) is 4.56. The zero-order chi connectivity index (χ0) is 9.52. The molecule has 0 bridgehead atoms. The Balaban J connectivity index is 2.32. The third-order valence-corrected chi connectivity index (χ3v) is 1.73. The van der Waals surface area contributed by atoms with Gasteiger partial charge in [0.25, 0.3) is 0 Å². The number of aryl methyl sites for hydroxylation is 1. The van der Waals surface area contributed by atoms with E-state index in [-0.39, 0.29) is 0 Å². The molecule has 1 rings (SSSR count). The van der Waals surface area contributed by atoms with E-state index in [2.05, 4.69) is 27.5 Å². The van der Waals surface area contributed by atoms with Crippen molar-refractivity contribution in [1.29, 1.82) is 0 Å². The highest BCUT2D eigenvalue weighted by Crippen LogP contribution is 2.04. The van der Waals surface area contributed by atoms with Crippen molar-refractivity contribution in [2.24, 2.45) is 0 Å². The predicted molar refractivity (Wildman–Crippen MR) is 53.8 cm³/mol. The van der Waals surface area contributed by atoms with Gasteiger partial charge in [0.15, 0.2) is 0 Å². The topological polar surface area (TPSA) is 49.8 Å². The second-order valence-electron chi connectivity index (χ2n) is 2.77. The molecule has 0 amide bonds. The lowest BCUT2D eigenvalue weighted by atomic mass is 10.4. The van der Waals surface area contributed by atoms with Crippen molar-refractivity contribution in [3.63, 3.8) is 0 Å². The molecular formula is C9H16N4. The van der Waals surface area contributed by atoms with Gasteiger partial charge < -0.3 is 10.6 Å². The third-order valence-electron chi connectivity index (χ3n) is 1.73. The highest BCUT2D eigenvalue weighted by Gasteiger charge is 1.96. The number of anilines is 1. The lowest BCUT2D eigenvalue weighted by molar-refractivity contribution is 0.737. The van der Waals surface area contributed by atoms with Crippen molar-refractivity contribution in [2.75, 3.05) is 25.0 Å². The minimum atomic E-state index is 0.875. The van der Waals surface area contributed by atoms with E-state index in [1.807, 2.05) is 6.92 Å². The normalized spacial score (nSPS) is 10.0. The number of nitrogens with zero attached hydrogens (tertiary/aromatic N) is 2. The van der Waals surface area contributed by atoms with Gasteiger partial charge in [-0.2, -0.15) is 0 Å². The van der Waals surface area contributed by atoms with Gasteiger partial charge in [-0.15, -0.1) is 0 Å². The van der Waals surface area contributed by atoms with E-state index < -0.39 is 0 Å². The third kappa shape index (κ3) is 3.38. The molecule has 0 unspecified atom stereocenters.